The number of carbonyl (C=O) groups excluding carboxylic acids is 1. The van der Waals surface area contributed by atoms with E-state index in [0.29, 0.717) is 26.3 Å². The van der Waals surface area contributed by atoms with Gasteiger partial charge in [0.1, 0.15) is 11.6 Å². The summed E-state index contributed by atoms with van der Waals surface area (Å²) in [4.78, 5) is 14.8. The van der Waals surface area contributed by atoms with E-state index in [9.17, 15) is 4.79 Å². The van der Waals surface area contributed by atoms with Gasteiger partial charge in [0.25, 0.3) is 5.91 Å². The minimum absolute atomic E-state index is 0.197. The summed E-state index contributed by atoms with van der Waals surface area (Å²) in [5, 5.41) is 11.1. The van der Waals surface area contributed by atoms with E-state index < -0.39 is 0 Å². The first-order chi connectivity index (χ1) is 8.72. The highest BCUT2D eigenvalue weighted by atomic mass is 32.1. The molecule has 1 aliphatic heterocycles. The van der Waals surface area contributed by atoms with E-state index >= 15 is 0 Å². The van der Waals surface area contributed by atoms with Crippen molar-refractivity contribution in [2.75, 3.05) is 26.3 Å². The van der Waals surface area contributed by atoms with Crippen LogP contribution in [-0.4, -0.2) is 37.1 Å². The second-order valence-electron chi connectivity index (χ2n) is 4.04. The summed E-state index contributed by atoms with van der Waals surface area (Å²) in [6.45, 7) is 4.17. The average Bonchev–Trinajstić information content (AvgIpc) is 2.81. The number of nitrogens with zero attached hydrogens (tertiary/aromatic N) is 2. The van der Waals surface area contributed by atoms with E-state index in [2.05, 4.69) is 0 Å². The van der Waals surface area contributed by atoms with Gasteiger partial charge < -0.3 is 9.64 Å². The molecule has 1 saturated heterocycles. The summed E-state index contributed by atoms with van der Waals surface area (Å²) in [5.41, 5.74) is 1.28. The quantitative estimate of drug-likeness (QED) is 0.603. The zero-order chi connectivity index (χ0) is 13.0. The SMILES string of the molecule is Cc1ccsc1C=C(C#N)C(=O)N1CCOCC1. The van der Waals surface area contributed by atoms with Crippen molar-refractivity contribution in [2.24, 2.45) is 0 Å². The van der Waals surface area contributed by atoms with Crippen LogP contribution in [0.25, 0.3) is 6.08 Å². The third kappa shape index (κ3) is 2.78. The number of hydrogen-bond acceptors (Lipinski definition) is 4. The van der Waals surface area contributed by atoms with Gasteiger partial charge in [-0.3, -0.25) is 4.79 Å². The smallest absolute Gasteiger partial charge is 0.264 e. The second kappa shape index (κ2) is 5.80. The fourth-order valence-electron chi connectivity index (χ4n) is 1.74. The van der Waals surface area contributed by atoms with Crippen molar-refractivity contribution in [3.8, 4) is 6.07 Å². The van der Waals surface area contributed by atoms with Crippen LogP contribution in [0.5, 0.6) is 0 Å². The Bertz CT molecular complexity index is 507. The Hall–Kier alpha value is -1.64. The third-order valence-electron chi connectivity index (χ3n) is 2.83. The number of aryl methyl sites for hydroxylation is 1. The van der Waals surface area contributed by atoms with Gasteiger partial charge in [-0.2, -0.15) is 5.26 Å². The third-order valence-corrected chi connectivity index (χ3v) is 3.79. The van der Waals surface area contributed by atoms with Gasteiger partial charge in [-0.15, -0.1) is 11.3 Å². The first-order valence-electron chi connectivity index (χ1n) is 5.75. The van der Waals surface area contributed by atoms with Gasteiger partial charge in [0.2, 0.25) is 0 Å². The largest absolute Gasteiger partial charge is 0.378 e. The van der Waals surface area contributed by atoms with Crippen molar-refractivity contribution < 1.29 is 9.53 Å². The molecule has 0 atom stereocenters. The van der Waals surface area contributed by atoms with E-state index in [-0.39, 0.29) is 11.5 Å². The molecule has 1 amide bonds. The first-order valence-corrected chi connectivity index (χ1v) is 6.63. The number of carbonyl (C=O) groups is 1. The fourth-order valence-corrected chi connectivity index (χ4v) is 2.60. The number of morpholine rings is 1. The van der Waals surface area contributed by atoms with Gasteiger partial charge in [0.05, 0.1) is 13.2 Å². The molecular formula is C13H14N2O2S. The van der Waals surface area contributed by atoms with Gasteiger partial charge in [-0.25, -0.2) is 0 Å². The van der Waals surface area contributed by atoms with Crippen LogP contribution in [0.2, 0.25) is 0 Å². The van der Waals surface area contributed by atoms with Gasteiger partial charge >= 0.3 is 0 Å². The maximum absolute atomic E-state index is 12.2. The van der Waals surface area contributed by atoms with Crippen molar-refractivity contribution in [3.63, 3.8) is 0 Å². The highest BCUT2D eigenvalue weighted by Gasteiger charge is 2.20. The summed E-state index contributed by atoms with van der Waals surface area (Å²) in [7, 11) is 0. The van der Waals surface area contributed by atoms with Gasteiger partial charge in [0, 0.05) is 18.0 Å². The number of thiophene rings is 1. The Morgan fingerprint density at radius 3 is 2.83 bits per heavy atom. The molecule has 0 unspecified atom stereocenters. The predicted octanol–water partition coefficient (Wildman–Crippen LogP) is 1.82. The maximum Gasteiger partial charge on any atom is 0.264 e. The zero-order valence-corrected chi connectivity index (χ0v) is 11.0. The number of rotatable bonds is 2. The summed E-state index contributed by atoms with van der Waals surface area (Å²) < 4.78 is 5.19. The Labute approximate surface area is 110 Å². The van der Waals surface area contributed by atoms with Crippen LogP contribution in [0.4, 0.5) is 0 Å². The average molecular weight is 262 g/mol. The molecule has 0 bridgehead atoms. The molecular weight excluding hydrogens is 248 g/mol. The van der Waals surface area contributed by atoms with Crippen LogP contribution in [0.3, 0.4) is 0 Å². The van der Waals surface area contributed by atoms with Crippen molar-refractivity contribution in [1.82, 2.24) is 4.90 Å². The van der Waals surface area contributed by atoms with Crippen LogP contribution in [0.1, 0.15) is 10.4 Å². The predicted molar refractivity (Wildman–Crippen MR) is 70.0 cm³/mol. The Morgan fingerprint density at radius 1 is 1.56 bits per heavy atom. The molecule has 2 rings (SSSR count). The van der Waals surface area contributed by atoms with Crippen LogP contribution >= 0.6 is 11.3 Å². The van der Waals surface area contributed by atoms with E-state index in [0.717, 1.165) is 10.4 Å². The molecule has 18 heavy (non-hydrogen) atoms. The monoisotopic (exact) mass is 262 g/mol. The van der Waals surface area contributed by atoms with Crippen LogP contribution in [0.15, 0.2) is 17.0 Å². The van der Waals surface area contributed by atoms with Crippen molar-refractivity contribution in [3.05, 3.63) is 27.5 Å². The zero-order valence-electron chi connectivity index (χ0n) is 10.2. The molecule has 0 aromatic carbocycles. The molecule has 2 heterocycles. The van der Waals surface area contributed by atoms with Crippen molar-refractivity contribution in [1.29, 1.82) is 5.26 Å². The number of hydrogen-bond donors (Lipinski definition) is 0. The lowest BCUT2D eigenvalue weighted by Gasteiger charge is -2.26. The first kappa shape index (κ1) is 12.8. The van der Waals surface area contributed by atoms with E-state index in [1.165, 1.54) is 11.3 Å². The molecule has 0 radical (unpaired) electrons. The van der Waals surface area contributed by atoms with Crippen LogP contribution < -0.4 is 0 Å². The Kier molecular flexibility index (Phi) is 4.13. The maximum atomic E-state index is 12.2. The topological polar surface area (TPSA) is 53.3 Å². The molecule has 4 nitrogen and oxygen atoms in total. The Morgan fingerprint density at radius 2 is 2.28 bits per heavy atom. The summed E-state index contributed by atoms with van der Waals surface area (Å²) in [5.74, 6) is -0.200. The fraction of sp³-hybridized carbons (Fsp3) is 0.385. The Balaban J connectivity index is 2.18. The number of nitriles is 1. The molecule has 1 fully saturated rings. The molecule has 0 spiro atoms. The lowest BCUT2D eigenvalue weighted by atomic mass is 10.2. The summed E-state index contributed by atoms with van der Waals surface area (Å²) in [6, 6.07) is 3.98. The van der Waals surface area contributed by atoms with Crippen LogP contribution in [0, 0.1) is 18.3 Å². The highest BCUT2D eigenvalue weighted by molar-refractivity contribution is 7.11. The standard InChI is InChI=1S/C13H14N2O2S/c1-10-2-7-18-12(10)8-11(9-14)13(16)15-3-5-17-6-4-15/h2,7-8H,3-6H2,1H3. The van der Waals surface area contributed by atoms with Crippen molar-refractivity contribution in [2.45, 2.75) is 6.92 Å². The molecule has 0 N–H and O–H groups in total. The lowest BCUT2D eigenvalue weighted by Crippen LogP contribution is -2.41. The normalized spacial score (nSPS) is 16.4. The second-order valence-corrected chi connectivity index (χ2v) is 4.99. The van der Waals surface area contributed by atoms with Gasteiger partial charge in [-0.05, 0) is 30.0 Å². The lowest BCUT2D eigenvalue weighted by molar-refractivity contribution is -0.130. The molecule has 1 aliphatic rings. The summed E-state index contributed by atoms with van der Waals surface area (Å²) >= 11 is 1.53. The summed E-state index contributed by atoms with van der Waals surface area (Å²) in [6.07, 6.45) is 1.68. The van der Waals surface area contributed by atoms with Crippen LogP contribution in [-0.2, 0) is 9.53 Å². The molecule has 0 aliphatic carbocycles. The van der Waals surface area contributed by atoms with Crippen molar-refractivity contribution >= 4 is 23.3 Å². The highest BCUT2D eigenvalue weighted by Crippen LogP contribution is 2.20. The molecule has 1 aromatic heterocycles. The van der Waals surface area contributed by atoms with E-state index in [4.69, 9.17) is 10.00 Å². The minimum atomic E-state index is -0.200. The number of amides is 1. The van der Waals surface area contributed by atoms with Gasteiger partial charge in [0.15, 0.2) is 0 Å². The van der Waals surface area contributed by atoms with Gasteiger partial charge in [-0.1, -0.05) is 0 Å². The number of ether oxygens (including phenoxy) is 1. The van der Waals surface area contributed by atoms with E-state index in [1.54, 1.807) is 11.0 Å². The minimum Gasteiger partial charge on any atom is -0.378 e. The molecule has 1 aromatic rings. The molecule has 0 saturated carbocycles. The molecule has 94 valence electrons. The van der Waals surface area contributed by atoms with E-state index in [1.807, 2.05) is 24.4 Å². The molecule has 5 heteroatoms.